The van der Waals surface area contributed by atoms with E-state index in [0.29, 0.717) is 12.1 Å². The first-order valence-electron chi connectivity index (χ1n) is 5.71. The Morgan fingerprint density at radius 1 is 1.22 bits per heavy atom. The number of benzene rings is 1. The Morgan fingerprint density at radius 2 is 1.87 bits per heavy atom. The van der Waals surface area contributed by atoms with E-state index in [1.54, 1.807) is 0 Å². The van der Waals surface area contributed by atoms with Crippen molar-refractivity contribution in [2.45, 2.75) is 11.1 Å². The molecule has 0 saturated heterocycles. The third-order valence-electron chi connectivity index (χ3n) is 2.61. The number of pyridine rings is 1. The number of nitrogens with one attached hydrogen (secondary N) is 1. The summed E-state index contributed by atoms with van der Waals surface area (Å²) in [5.74, 6) is -1.50. The number of nitrogens with zero attached hydrogens (tertiary/aromatic N) is 1. The molecule has 0 unspecified atom stereocenters. The zero-order valence-corrected chi connectivity index (χ0v) is 14.0. The molecule has 1 aromatic heterocycles. The molecule has 0 saturated carbocycles. The third kappa shape index (κ3) is 4.12. The smallest absolute Gasteiger partial charge is 0.280 e. The predicted molar refractivity (Wildman–Crippen MR) is 79.2 cm³/mol. The van der Waals surface area contributed by atoms with Crippen LogP contribution in [0.2, 0.25) is 5.15 Å². The van der Waals surface area contributed by atoms with Gasteiger partial charge in [0.1, 0.15) is 15.9 Å². The van der Waals surface area contributed by atoms with Crippen molar-refractivity contribution in [1.29, 1.82) is 0 Å². The summed E-state index contributed by atoms with van der Waals surface area (Å²) >= 11 is 8.63. The molecular weight excluding hydrogens is 428 g/mol. The van der Waals surface area contributed by atoms with Gasteiger partial charge < -0.3 is 0 Å². The normalized spacial score (nSPS) is 12.3. The summed E-state index contributed by atoms with van der Waals surface area (Å²) < 4.78 is 77.4. The van der Waals surface area contributed by atoms with Crippen LogP contribution in [0.5, 0.6) is 0 Å². The van der Waals surface area contributed by atoms with Crippen LogP contribution >= 0.6 is 27.5 Å². The Hall–Kier alpha value is -1.39. The molecule has 1 aromatic carbocycles. The number of aromatic nitrogens is 1. The van der Waals surface area contributed by atoms with E-state index in [-0.39, 0.29) is 14.5 Å². The fourth-order valence-corrected chi connectivity index (χ4v) is 3.19. The maximum atomic E-state index is 13.2. The van der Waals surface area contributed by atoms with Crippen molar-refractivity contribution in [3.05, 3.63) is 51.5 Å². The van der Waals surface area contributed by atoms with Gasteiger partial charge in [-0.2, -0.15) is 13.2 Å². The van der Waals surface area contributed by atoms with Crippen LogP contribution in [-0.2, 0) is 16.2 Å². The van der Waals surface area contributed by atoms with Crippen LogP contribution in [-0.4, -0.2) is 13.4 Å². The fourth-order valence-electron chi connectivity index (χ4n) is 1.57. The Kier molecular flexibility index (Phi) is 4.88. The summed E-state index contributed by atoms with van der Waals surface area (Å²) in [6, 6.07) is 2.90. The molecule has 2 aromatic rings. The number of halogens is 6. The molecule has 0 spiro atoms. The molecule has 1 heterocycles. The van der Waals surface area contributed by atoms with Gasteiger partial charge in [-0.3, -0.25) is 4.72 Å². The van der Waals surface area contributed by atoms with Crippen LogP contribution in [0.25, 0.3) is 0 Å². The molecule has 1 N–H and O–H groups in total. The second-order valence-corrected chi connectivity index (χ2v) is 7.14. The summed E-state index contributed by atoms with van der Waals surface area (Å²) in [5.41, 5.74) is -2.02. The molecular formula is C12H6BrClF4N2O2S. The zero-order chi connectivity index (χ0) is 17.4. The van der Waals surface area contributed by atoms with Crippen LogP contribution in [0.15, 0.2) is 39.8 Å². The maximum absolute atomic E-state index is 13.2. The van der Waals surface area contributed by atoms with E-state index < -0.39 is 33.3 Å². The van der Waals surface area contributed by atoms with E-state index in [9.17, 15) is 26.0 Å². The molecule has 0 aliphatic heterocycles. The van der Waals surface area contributed by atoms with E-state index in [1.807, 2.05) is 4.72 Å². The van der Waals surface area contributed by atoms with Gasteiger partial charge in [0.2, 0.25) is 0 Å². The van der Waals surface area contributed by atoms with Gasteiger partial charge in [-0.1, -0.05) is 11.6 Å². The minimum absolute atomic E-state index is 0.0186. The molecule has 0 aliphatic rings. The van der Waals surface area contributed by atoms with Crippen molar-refractivity contribution < 1.29 is 26.0 Å². The standard InChI is InChI=1S/C12H6BrClF4N2O2S/c13-9-4-7(5-19-11(9)14)23(21,22)20-6-1-2-10(15)8(3-6)12(16,17)18/h1-5,20H. The molecule has 4 nitrogen and oxygen atoms in total. The maximum Gasteiger partial charge on any atom is 0.419 e. The van der Waals surface area contributed by atoms with Gasteiger partial charge in [0.05, 0.1) is 10.0 Å². The van der Waals surface area contributed by atoms with Crippen molar-refractivity contribution in [2.75, 3.05) is 4.72 Å². The summed E-state index contributed by atoms with van der Waals surface area (Å²) in [5, 5.41) is 0.0186. The fraction of sp³-hybridized carbons (Fsp3) is 0.0833. The summed E-state index contributed by atoms with van der Waals surface area (Å²) in [6.07, 6.45) is -4.01. The van der Waals surface area contributed by atoms with Crippen LogP contribution < -0.4 is 4.72 Å². The first kappa shape index (κ1) is 18.0. The number of anilines is 1. The Morgan fingerprint density at radius 3 is 2.43 bits per heavy atom. The highest BCUT2D eigenvalue weighted by molar-refractivity contribution is 9.10. The van der Waals surface area contributed by atoms with Crippen LogP contribution in [0, 0.1) is 5.82 Å². The van der Waals surface area contributed by atoms with E-state index in [4.69, 9.17) is 11.6 Å². The topological polar surface area (TPSA) is 59.1 Å². The van der Waals surface area contributed by atoms with Crippen molar-refractivity contribution >= 4 is 43.2 Å². The van der Waals surface area contributed by atoms with E-state index in [1.165, 1.54) is 0 Å². The van der Waals surface area contributed by atoms with Gasteiger partial charge in [0, 0.05) is 11.9 Å². The SMILES string of the molecule is O=S(=O)(Nc1ccc(F)c(C(F)(F)F)c1)c1cnc(Cl)c(Br)c1. The first-order chi connectivity index (χ1) is 10.5. The minimum Gasteiger partial charge on any atom is -0.280 e. The molecule has 0 fully saturated rings. The number of alkyl halides is 3. The molecule has 23 heavy (non-hydrogen) atoms. The largest absolute Gasteiger partial charge is 0.419 e. The number of rotatable bonds is 3. The average molecular weight is 434 g/mol. The van der Waals surface area contributed by atoms with E-state index >= 15 is 0 Å². The average Bonchev–Trinajstić information content (AvgIpc) is 2.42. The van der Waals surface area contributed by atoms with Gasteiger partial charge in [-0.15, -0.1) is 0 Å². The second kappa shape index (κ2) is 6.25. The van der Waals surface area contributed by atoms with Gasteiger partial charge >= 0.3 is 6.18 Å². The molecule has 2 rings (SSSR count). The van der Waals surface area contributed by atoms with E-state index in [2.05, 4.69) is 20.9 Å². The quantitative estimate of drug-likeness (QED) is 0.574. The summed E-state index contributed by atoms with van der Waals surface area (Å²) in [6.45, 7) is 0. The third-order valence-corrected chi connectivity index (χ3v) is 5.09. The second-order valence-electron chi connectivity index (χ2n) is 4.24. The Balaban J connectivity index is 2.39. The molecule has 124 valence electrons. The molecule has 0 amide bonds. The van der Waals surface area contributed by atoms with Gasteiger partial charge in [0.25, 0.3) is 10.0 Å². The number of sulfonamides is 1. The molecule has 11 heteroatoms. The van der Waals surface area contributed by atoms with Crippen LogP contribution in [0.3, 0.4) is 0 Å². The lowest BCUT2D eigenvalue weighted by molar-refractivity contribution is -0.139. The van der Waals surface area contributed by atoms with Crippen LogP contribution in [0.1, 0.15) is 5.56 Å². The van der Waals surface area contributed by atoms with Crippen LogP contribution in [0.4, 0.5) is 23.2 Å². The highest BCUT2D eigenvalue weighted by Gasteiger charge is 2.34. The molecule has 0 aliphatic carbocycles. The van der Waals surface area contributed by atoms with Gasteiger partial charge in [0.15, 0.2) is 0 Å². The molecule has 0 radical (unpaired) electrons. The first-order valence-corrected chi connectivity index (χ1v) is 8.37. The lowest BCUT2D eigenvalue weighted by atomic mass is 10.2. The highest BCUT2D eigenvalue weighted by Crippen LogP contribution is 2.33. The number of hydrogen-bond donors (Lipinski definition) is 1. The van der Waals surface area contributed by atoms with Gasteiger partial charge in [-0.05, 0) is 40.2 Å². The lowest BCUT2D eigenvalue weighted by Gasteiger charge is -2.12. The van der Waals surface area contributed by atoms with Crippen molar-refractivity contribution in [2.24, 2.45) is 0 Å². The van der Waals surface area contributed by atoms with Gasteiger partial charge in [-0.25, -0.2) is 17.8 Å². The Bertz CT molecular complexity index is 859. The molecule has 0 atom stereocenters. The summed E-state index contributed by atoms with van der Waals surface area (Å²) in [4.78, 5) is 3.29. The highest BCUT2D eigenvalue weighted by atomic mass is 79.9. The minimum atomic E-state index is -4.95. The van der Waals surface area contributed by atoms with Crippen molar-refractivity contribution in [1.82, 2.24) is 4.98 Å². The monoisotopic (exact) mass is 432 g/mol. The summed E-state index contributed by atoms with van der Waals surface area (Å²) in [7, 11) is -4.22. The lowest BCUT2D eigenvalue weighted by Crippen LogP contribution is -2.15. The molecule has 0 bridgehead atoms. The van der Waals surface area contributed by atoms with Crippen molar-refractivity contribution in [3.8, 4) is 0 Å². The van der Waals surface area contributed by atoms with E-state index in [0.717, 1.165) is 18.3 Å². The predicted octanol–water partition coefficient (Wildman–Crippen LogP) is 4.46. The van der Waals surface area contributed by atoms with Crippen molar-refractivity contribution in [3.63, 3.8) is 0 Å². The zero-order valence-electron chi connectivity index (χ0n) is 10.8. The Labute approximate surface area is 141 Å². The number of hydrogen-bond acceptors (Lipinski definition) is 3.